The number of hydrogen-bond donors (Lipinski definition) is 3. The van der Waals surface area contributed by atoms with Gasteiger partial charge in [0.25, 0.3) is 0 Å². The Bertz CT molecular complexity index is 793. The maximum atomic E-state index is 12.6. The Morgan fingerprint density at radius 3 is 2.28 bits per heavy atom. The van der Waals surface area contributed by atoms with Gasteiger partial charge in [-0.1, -0.05) is 12.8 Å². The molecule has 0 aromatic carbocycles. The lowest BCUT2D eigenvalue weighted by molar-refractivity contribution is -0.147. The molecule has 2 rings (SSSR count). The highest BCUT2D eigenvalue weighted by atomic mass is 32.2. The van der Waals surface area contributed by atoms with Gasteiger partial charge in [-0.3, -0.25) is 9.48 Å². The highest BCUT2D eigenvalue weighted by Gasteiger charge is 2.43. The molecule has 9 nitrogen and oxygen atoms in total. The molecule has 1 aliphatic carbocycles. The first-order valence-corrected chi connectivity index (χ1v) is 9.56. The van der Waals surface area contributed by atoms with E-state index in [4.69, 9.17) is 0 Å². The smallest absolute Gasteiger partial charge is 0.329 e. The lowest BCUT2D eigenvalue weighted by Gasteiger charge is -2.27. The molecular formula is C15H24N4O5S. The molecule has 1 atom stereocenters. The number of nitrogens with one attached hydrogen (secondary N) is 2. The summed E-state index contributed by atoms with van der Waals surface area (Å²) >= 11 is 0. The Hall–Kier alpha value is -1.94. The van der Waals surface area contributed by atoms with Crippen LogP contribution in [-0.4, -0.2) is 46.8 Å². The summed E-state index contributed by atoms with van der Waals surface area (Å²) in [6, 6.07) is -1.11. The highest BCUT2D eigenvalue weighted by Crippen LogP contribution is 2.30. The van der Waals surface area contributed by atoms with Crippen LogP contribution in [0.2, 0.25) is 0 Å². The number of nitrogens with zero attached hydrogens (tertiary/aromatic N) is 2. The number of carbonyl (C=O) groups excluding carboxylic acids is 1. The topological polar surface area (TPSA) is 130 Å². The van der Waals surface area contributed by atoms with E-state index in [9.17, 15) is 23.1 Å². The van der Waals surface area contributed by atoms with E-state index in [1.165, 1.54) is 11.6 Å². The highest BCUT2D eigenvalue weighted by molar-refractivity contribution is 7.89. The van der Waals surface area contributed by atoms with Crippen molar-refractivity contribution < 1.29 is 23.1 Å². The number of amides is 1. The molecule has 3 N–H and O–H groups in total. The van der Waals surface area contributed by atoms with E-state index in [1.807, 2.05) is 0 Å². The lowest BCUT2D eigenvalue weighted by Crippen LogP contribution is -2.57. The zero-order valence-electron chi connectivity index (χ0n) is 14.8. The van der Waals surface area contributed by atoms with Crippen molar-refractivity contribution in [2.45, 2.75) is 62.9 Å². The molecule has 1 aromatic rings. The number of aromatic nitrogens is 2. The molecule has 25 heavy (non-hydrogen) atoms. The van der Waals surface area contributed by atoms with E-state index in [0.717, 1.165) is 0 Å². The van der Waals surface area contributed by atoms with Crippen LogP contribution in [0.3, 0.4) is 0 Å². The quantitative estimate of drug-likeness (QED) is 0.655. The fraction of sp³-hybridized carbons (Fsp3) is 0.667. The van der Waals surface area contributed by atoms with Gasteiger partial charge in [-0.2, -0.15) is 9.82 Å². The second kappa shape index (κ2) is 6.75. The molecule has 1 amide bonds. The van der Waals surface area contributed by atoms with Crippen LogP contribution in [0.1, 0.15) is 44.0 Å². The monoisotopic (exact) mass is 372 g/mol. The van der Waals surface area contributed by atoms with Crippen molar-refractivity contribution in [3.05, 3.63) is 11.4 Å². The van der Waals surface area contributed by atoms with Crippen molar-refractivity contribution >= 4 is 21.9 Å². The molecule has 0 spiro atoms. The van der Waals surface area contributed by atoms with Crippen LogP contribution in [-0.2, 0) is 26.7 Å². The van der Waals surface area contributed by atoms with Gasteiger partial charge in [0.05, 0.1) is 17.4 Å². The second-order valence-electron chi connectivity index (χ2n) is 6.55. The van der Waals surface area contributed by atoms with Gasteiger partial charge in [-0.25, -0.2) is 13.2 Å². The van der Waals surface area contributed by atoms with Gasteiger partial charge in [-0.15, -0.1) is 0 Å². The molecular weight excluding hydrogens is 348 g/mol. The van der Waals surface area contributed by atoms with E-state index in [-0.39, 0.29) is 4.90 Å². The van der Waals surface area contributed by atoms with Gasteiger partial charge >= 0.3 is 5.97 Å². The fourth-order valence-electron chi connectivity index (χ4n) is 3.20. The van der Waals surface area contributed by atoms with Gasteiger partial charge in [0.1, 0.15) is 10.4 Å². The molecule has 1 aliphatic rings. The number of rotatable bonds is 6. The van der Waals surface area contributed by atoms with Crippen LogP contribution in [0.25, 0.3) is 0 Å². The number of carboxylic acid groups (broad SMARTS) is 1. The van der Waals surface area contributed by atoms with Crippen LogP contribution in [0.4, 0.5) is 0 Å². The maximum absolute atomic E-state index is 12.6. The van der Waals surface area contributed by atoms with Crippen molar-refractivity contribution in [2.75, 3.05) is 0 Å². The van der Waals surface area contributed by atoms with E-state index in [1.54, 1.807) is 20.9 Å². The third kappa shape index (κ3) is 3.69. The summed E-state index contributed by atoms with van der Waals surface area (Å²) in [5, 5.41) is 16.0. The molecule has 1 fully saturated rings. The number of carboxylic acids is 1. The van der Waals surface area contributed by atoms with Crippen molar-refractivity contribution in [1.82, 2.24) is 19.8 Å². The molecule has 1 saturated carbocycles. The van der Waals surface area contributed by atoms with Gasteiger partial charge in [-0.05, 0) is 33.6 Å². The largest absolute Gasteiger partial charge is 0.480 e. The third-order valence-electron chi connectivity index (χ3n) is 4.67. The molecule has 1 heterocycles. The van der Waals surface area contributed by atoms with Gasteiger partial charge in [0.2, 0.25) is 15.9 Å². The van der Waals surface area contributed by atoms with Crippen LogP contribution < -0.4 is 10.0 Å². The van der Waals surface area contributed by atoms with Gasteiger partial charge < -0.3 is 10.4 Å². The summed E-state index contributed by atoms with van der Waals surface area (Å²) in [6.45, 7) is 4.58. The minimum atomic E-state index is -3.96. The maximum Gasteiger partial charge on any atom is 0.329 e. The average Bonchev–Trinajstić information content (AvgIpc) is 3.05. The van der Waals surface area contributed by atoms with E-state index in [2.05, 4.69) is 15.1 Å². The van der Waals surface area contributed by atoms with Gasteiger partial charge in [0, 0.05) is 7.05 Å². The van der Waals surface area contributed by atoms with Crippen molar-refractivity contribution in [1.29, 1.82) is 0 Å². The molecule has 140 valence electrons. The van der Waals surface area contributed by atoms with Gasteiger partial charge in [0.15, 0.2) is 0 Å². The van der Waals surface area contributed by atoms with Crippen molar-refractivity contribution in [3.63, 3.8) is 0 Å². The summed E-state index contributed by atoms with van der Waals surface area (Å²) < 4.78 is 28.9. The van der Waals surface area contributed by atoms with E-state index < -0.39 is 33.5 Å². The zero-order chi connectivity index (χ0) is 19.0. The molecule has 0 aliphatic heterocycles. The van der Waals surface area contributed by atoms with Crippen molar-refractivity contribution in [3.8, 4) is 0 Å². The minimum Gasteiger partial charge on any atom is -0.480 e. The predicted molar refractivity (Wildman–Crippen MR) is 89.4 cm³/mol. The third-order valence-corrected chi connectivity index (χ3v) is 6.46. The molecule has 1 aromatic heterocycles. The number of carbonyl (C=O) groups is 2. The standard InChI is InChI=1S/C15H24N4O5S/c1-9-12(11(3)19(4)17-9)25(23,24)18-10(2)13(20)16-15(14(21)22)7-5-6-8-15/h10,18H,5-8H2,1-4H3,(H,16,20)(H,21,22). The lowest BCUT2D eigenvalue weighted by atomic mass is 9.97. The Labute approximate surface area is 146 Å². The predicted octanol–water partition coefficient (Wildman–Crippen LogP) is 0.217. The Morgan fingerprint density at radius 1 is 1.28 bits per heavy atom. The van der Waals surface area contributed by atoms with Crippen LogP contribution in [0.5, 0.6) is 0 Å². The van der Waals surface area contributed by atoms with Crippen molar-refractivity contribution in [2.24, 2.45) is 7.05 Å². The zero-order valence-corrected chi connectivity index (χ0v) is 15.6. The summed E-state index contributed by atoms with van der Waals surface area (Å²) in [5.74, 6) is -1.75. The second-order valence-corrected chi connectivity index (χ2v) is 8.20. The average molecular weight is 372 g/mol. The Balaban J connectivity index is 2.16. The number of aryl methyl sites for hydroxylation is 2. The normalized spacial score (nSPS) is 18.1. The van der Waals surface area contributed by atoms with Crippen LogP contribution >= 0.6 is 0 Å². The summed E-state index contributed by atoms with van der Waals surface area (Å²) in [4.78, 5) is 23.9. The van der Waals surface area contributed by atoms with E-state index >= 15 is 0 Å². The minimum absolute atomic E-state index is 0.0310. The van der Waals surface area contributed by atoms with Crippen LogP contribution in [0.15, 0.2) is 4.90 Å². The fourth-order valence-corrected chi connectivity index (χ4v) is 4.84. The van der Waals surface area contributed by atoms with E-state index in [0.29, 0.717) is 37.1 Å². The first kappa shape index (κ1) is 19.4. The van der Waals surface area contributed by atoms with Crippen LogP contribution in [0, 0.1) is 13.8 Å². The summed E-state index contributed by atoms with van der Waals surface area (Å²) in [7, 11) is -2.33. The first-order valence-electron chi connectivity index (χ1n) is 8.08. The number of hydrogen-bond acceptors (Lipinski definition) is 5. The molecule has 10 heteroatoms. The Kier molecular flexibility index (Phi) is 5.24. The summed E-state index contributed by atoms with van der Waals surface area (Å²) in [5.41, 5.74) is -0.523. The SMILES string of the molecule is Cc1nn(C)c(C)c1S(=O)(=O)NC(C)C(=O)NC1(C(=O)O)CCCC1. The molecule has 0 radical (unpaired) electrons. The number of sulfonamides is 1. The summed E-state index contributed by atoms with van der Waals surface area (Å²) in [6.07, 6.45) is 2.10. The molecule has 0 saturated heterocycles. The molecule has 0 bridgehead atoms. The number of aliphatic carboxylic acids is 1. The first-order chi connectivity index (χ1) is 11.5. The Morgan fingerprint density at radius 2 is 1.84 bits per heavy atom. The molecule has 1 unspecified atom stereocenters.